The molecule has 162 valence electrons. The van der Waals surface area contributed by atoms with Crippen LogP contribution in [-0.2, 0) is 4.79 Å². The zero-order chi connectivity index (χ0) is 22.2. The lowest BCUT2D eigenvalue weighted by atomic mass is 9.91. The maximum Gasteiger partial charge on any atom is 0.133 e. The number of ketones is 1. The minimum Gasteiger partial charge on any atom is -0.300 e. The second-order valence-corrected chi connectivity index (χ2v) is 14.5. The summed E-state index contributed by atoms with van der Waals surface area (Å²) in [6.07, 6.45) is 4.41. The molecule has 0 N–H and O–H groups in total. The molecule has 2 rings (SSSR count). The lowest BCUT2D eigenvalue weighted by Crippen LogP contribution is -2.64. The number of unbranched alkanes of at least 4 members (excludes halogenated alkanes) is 1. The van der Waals surface area contributed by atoms with Crippen molar-refractivity contribution in [1.82, 2.24) is 0 Å². The van der Waals surface area contributed by atoms with E-state index in [4.69, 9.17) is 0 Å². The van der Waals surface area contributed by atoms with Crippen molar-refractivity contribution < 1.29 is 4.79 Å². The van der Waals surface area contributed by atoms with Gasteiger partial charge >= 0.3 is 0 Å². The fourth-order valence-electron chi connectivity index (χ4n) is 4.76. The molecule has 0 bridgehead atoms. The summed E-state index contributed by atoms with van der Waals surface area (Å²) in [5.41, 5.74) is 1.26. The van der Waals surface area contributed by atoms with Gasteiger partial charge in [0.15, 0.2) is 0 Å². The average Bonchev–Trinajstić information content (AvgIpc) is 2.74. The van der Waals surface area contributed by atoms with Crippen LogP contribution < -0.4 is 10.4 Å². The fourth-order valence-corrected chi connectivity index (χ4v) is 10.3. The standard InChI is InChI=1S/C28H40OSi/c1-7-9-16-25(29)21-24(8-2)23(3)22-30(28(4,5)6,26-17-12-10-13-18-26)27-19-14-11-15-20-27/h10-15,17-20,24H,3,7-9,16,21-22H2,1-2,4-6H3. The van der Waals surface area contributed by atoms with Gasteiger partial charge < -0.3 is 0 Å². The van der Waals surface area contributed by atoms with E-state index in [1.165, 1.54) is 15.9 Å². The van der Waals surface area contributed by atoms with Gasteiger partial charge in [0.2, 0.25) is 0 Å². The summed E-state index contributed by atoms with van der Waals surface area (Å²) in [5, 5.41) is 3.03. The molecule has 2 heteroatoms. The maximum atomic E-state index is 12.5. The Kier molecular flexibility index (Phi) is 8.85. The molecule has 0 saturated carbocycles. The molecule has 0 spiro atoms. The first kappa shape index (κ1) is 24.3. The highest BCUT2D eigenvalue weighted by molar-refractivity contribution is 7.04. The van der Waals surface area contributed by atoms with Crippen LogP contribution in [0.15, 0.2) is 72.8 Å². The van der Waals surface area contributed by atoms with Crippen LogP contribution in [0.25, 0.3) is 0 Å². The highest BCUT2D eigenvalue weighted by atomic mass is 28.3. The Morgan fingerprint density at radius 1 is 0.933 bits per heavy atom. The van der Waals surface area contributed by atoms with Gasteiger partial charge in [-0.1, -0.05) is 124 Å². The van der Waals surface area contributed by atoms with Crippen LogP contribution >= 0.6 is 0 Å². The van der Waals surface area contributed by atoms with Crippen molar-refractivity contribution in [2.75, 3.05) is 0 Å². The molecule has 2 aromatic rings. The number of hydrogen-bond donors (Lipinski definition) is 0. The molecule has 2 aromatic carbocycles. The van der Waals surface area contributed by atoms with Crippen molar-refractivity contribution in [2.45, 2.75) is 77.8 Å². The molecule has 1 unspecified atom stereocenters. The third-order valence-corrected chi connectivity index (χ3v) is 12.8. The Labute approximate surface area is 185 Å². The van der Waals surface area contributed by atoms with Gasteiger partial charge in [-0.05, 0) is 29.8 Å². The SMILES string of the molecule is C=C(C[Si](c1ccccc1)(c1ccccc1)C(C)(C)C)C(CC)CC(=O)CCCC. The maximum absolute atomic E-state index is 12.5. The molecule has 0 radical (unpaired) electrons. The molecule has 0 heterocycles. The van der Waals surface area contributed by atoms with Gasteiger partial charge in [0.25, 0.3) is 0 Å². The van der Waals surface area contributed by atoms with E-state index in [0.717, 1.165) is 25.3 Å². The third kappa shape index (κ3) is 5.60. The van der Waals surface area contributed by atoms with Gasteiger partial charge in [0, 0.05) is 12.8 Å². The largest absolute Gasteiger partial charge is 0.300 e. The second-order valence-electron chi connectivity index (χ2n) is 9.67. The van der Waals surface area contributed by atoms with E-state index in [9.17, 15) is 4.79 Å². The van der Waals surface area contributed by atoms with Crippen LogP contribution in [0.2, 0.25) is 11.1 Å². The van der Waals surface area contributed by atoms with Gasteiger partial charge in [-0.15, -0.1) is 0 Å². The lowest BCUT2D eigenvalue weighted by Gasteiger charge is -2.45. The molecule has 0 aliphatic heterocycles. The summed E-state index contributed by atoms with van der Waals surface area (Å²) in [7, 11) is -2.18. The van der Waals surface area contributed by atoms with E-state index in [2.05, 4.69) is 102 Å². The van der Waals surface area contributed by atoms with E-state index in [-0.39, 0.29) is 11.0 Å². The number of benzene rings is 2. The highest BCUT2D eigenvalue weighted by Gasteiger charge is 2.48. The van der Waals surface area contributed by atoms with Crippen molar-refractivity contribution in [1.29, 1.82) is 0 Å². The average molecular weight is 421 g/mol. The van der Waals surface area contributed by atoms with Gasteiger partial charge in [-0.3, -0.25) is 4.79 Å². The molecule has 0 aromatic heterocycles. The molecule has 1 atom stereocenters. The second kappa shape index (κ2) is 10.9. The Morgan fingerprint density at radius 2 is 1.43 bits per heavy atom. The lowest BCUT2D eigenvalue weighted by molar-refractivity contribution is -0.119. The first-order valence-corrected chi connectivity index (χ1v) is 13.8. The minimum absolute atomic E-state index is 0.114. The molecule has 30 heavy (non-hydrogen) atoms. The monoisotopic (exact) mass is 420 g/mol. The van der Waals surface area contributed by atoms with Gasteiger partial charge in [-0.2, -0.15) is 0 Å². The van der Waals surface area contributed by atoms with Crippen LogP contribution in [0.4, 0.5) is 0 Å². The summed E-state index contributed by atoms with van der Waals surface area (Å²) in [5.74, 6) is 0.670. The van der Waals surface area contributed by atoms with Crippen LogP contribution in [-0.4, -0.2) is 13.9 Å². The zero-order valence-electron chi connectivity index (χ0n) is 19.7. The van der Waals surface area contributed by atoms with Crippen molar-refractivity contribution >= 4 is 24.2 Å². The predicted octanol–water partition coefficient (Wildman–Crippen LogP) is 6.78. The number of Topliss-reactive ketones (excluding diaryl/α,β-unsaturated/α-hetero) is 1. The van der Waals surface area contributed by atoms with Crippen molar-refractivity contribution in [3.63, 3.8) is 0 Å². The molecular weight excluding hydrogens is 380 g/mol. The molecule has 0 saturated heterocycles. The molecule has 0 fully saturated rings. The Morgan fingerprint density at radius 3 is 1.83 bits per heavy atom. The van der Waals surface area contributed by atoms with Crippen molar-refractivity contribution in [3.8, 4) is 0 Å². The van der Waals surface area contributed by atoms with Crippen molar-refractivity contribution in [2.24, 2.45) is 5.92 Å². The smallest absolute Gasteiger partial charge is 0.133 e. The summed E-state index contributed by atoms with van der Waals surface area (Å²) in [4.78, 5) is 12.5. The fraction of sp³-hybridized carbons (Fsp3) is 0.464. The minimum atomic E-state index is -2.18. The summed E-state index contributed by atoms with van der Waals surface area (Å²) >= 11 is 0. The number of rotatable bonds is 11. The Hall–Kier alpha value is -1.93. The number of hydrogen-bond acceptors (Lipinski definition) is 1. The first-order chi connectivity index (χ1) is 14.3. The summed E-state index contributed by atoms with van der Waals surface area (Å²) in [6.45, 7) is 16.1. The highest BCUT2D eigenvalue weighted by Crippen LogP contribution is 2.42. The van der Waals surface area contributed by atoms with E-state index >= 15 is 0 Å². The van der Waals surface area contributed by atoms with Crippen molar-refractivity contribution in [3.05, 3.63) is 72.8 Å². The van der Waals surface area contributed by atoms with Crippen LogP contribution in [0.3, 0.4) is 0 Å². The molecular formula is C28H40OSi. The van der Waals surface area contributed by atoms with Crippen LogP contribution in [0.1, 0.15) is 66.7 Å². The summed E-state index contributed by atoms with van der Waals surface area (Å²) in [6, 6.07) is 23.1. The summed E-state index contributed by atoms with van der Waals surface area (Å²) < 4.78 is 0. The number of carbonyl (C=O) groups is 1. The molecule has 0 aliphatic rings. The number of allylic oxidation sites excluding steroid dienone is 1. The molecule has 1 nitrogen and oxygen atoms in total. The van der Waals surface area contributed by atoms with Crippen LogP contribution in [0.5, 0.6) is 0 Å². The zero-order valence-corrected chi connectivity index (χ0v) is 20.7. The number of carbonyl (C=O) groups excluding carboxylic acids is 1. The third-order valence-electron chi connectivity index (χ3n) is 6.66. The molecule has 0 amide bonds. The van der Waals surface area contributed by atoms with Gasteiger partial charge in [0.05, 0.1) is 0 Å². The Bertz CT molecular complexity index is 762. The van der Waals surface area contributed by atoms with Gasteiger partial charge in [0.1, 0.15) is 13.9 Å². The topological polar surface area (TPSA) is 17.1 Å². The van der Waals surface area contributed by atoms with E-state index in [0.29, 0.717) is 18.6 Å². The van der Waals surface area contributed by atoms with E-state index in [1.54, 1.807) is 0 Å². The van der Waals surface area contributed by atoms with E-state index < -0.39 is 8.07 Å². The predicted molar refractivity (Wildman–Crippen MR) is 134 cm³/mol. The molecule has 0 aliphatic carbocycles. The van der Waals surface area contributed by atoms with E-state index in [1.807, 2.05) is 0 Å². The Balaban J connectivity index is 2.47. The normalized spacial score (nSPS) is 13.1. The first-order valence-electron chi connectivity index (χ1n) is 11.6. The van der Waals surface area contributed by atoms with Gasteiger partial charge in [-0.25, -0.2) is 0 Å². The van der Waals surface area contributed by atoms with Crippen LogP contribution in [0, 0.1) is 5.92 Å². The quantitative estimate of drug-likeness (QED) is 0.289.